The molecule has 1 saturated heterocycles. The molecule has 0 aromatic rings. The minimum absolute atomic E-state index is 0.0587. The van der Waals surface area contributed by atoms with Crippen molar-refractivity contribution in [3.63, 3.8) is 0 Å². The van der Waals surface area contributed by atoms with Crippen LogP contribution < -0.4 is 11.5 Å². The van der Waals surface area contributed by atoms with E-state index in [4.69, 9.17) is 16.2 Å². The second-order valence-corrected chi connectivity index (χ2v) is 12.0. The number of amides is 1. The fourth-order valence-electron chi connectivity index (χ4n) is 7.69. The first-order chi connectivity index (χ1) is 14.8. The van der Waals surface area contributed by atoms with Gasteiger partial charge in [-0.15, -0.1) is 0 Å². The molecule has 0 spiro atoms. The first kappa shape index (κ1) is 21.5. The molecule has 5 saturated carbocycles. The van der Waals surface area contributed by atoms with Crippen LogP contribution in [0.25, 0.3) is 0 Å². The molecule has 7 nitrogen and oxygen atoms in total. The van der Waals surface area contributed by atoms with Gasteiger partial charge in [-0.25, -0.2) is 0 Å². The third-order valence-corrected chi connectivity index (χ3v) is 9.38. The smallest absolute Gasteiger partial charge is 0.323 e. The number of likely N-dealkylation sites (tertiary alicyclic amines) is 1. The summed E-state index contributed by atoms with van der Waals surface area (Å²) in [6.45, 7) is 0. The lowest BCUT2D eigenvalue weighted by molar-refractivity contribution is -0.207. The maximum absolute atomic E-state index is 13.5. The Morgan fingerprint density at radius 1 is 1.19 bits per heavy atom. The Morgan fingerprint density at radius 2 is 1.90 bits per heavy atom. The predicted octanol–water partition coefficient (Wildman–Crippen LogP) is 1.79. The molecular weight excluding hydrogens is 412 g/mol. The molecule has 2 unspecified atom stereocenters. The number of nitrogens with zero attached hydrogens (tertiary/aromatic N) is 2. The number of carbonyl (C=O) groups is 2. The first-order valence-electron chi connectivity index (χ1n) is 11.7. The highest BCUT2D eigenvalue weighted by Crippen LogP contribution is 2.64. The van der Waals surface area contributed by atoms with E-state index in [1.165, 1.54) is 0 Å². The topological polar surface area (TPSA) is 122 Å². The largest absolute Gasteiger partial charge is 0.458 e. The third kappa shape index (κ3) is 3.57. The minimum atomic E-state index is -0.628. The molecule has 5 aliphatic carbocycles. The fourth-order valence-corrected chi connectivity index (χ4v) is 8.18. The van der Waals surface area contributed by atoms with E-state index in [0.717, 1.165) is 50.7 Å². The van der Waals surface area contributed by atoms with Crippen molar-refractivity contribution in [1.29, 1.82) is 5.26 Å². The second kappa shape index (κ2) is 7.64. The molecule has 0 radical (unpaired) electrons. The SMILES string of the molecule is CSCC[C@H](N)C(=O)OC12CC3CC(C1)CC([C@H](N)C(=O)N1[C@H](C#N)C[C@@H]4C[C@@H]41)(C3)C2. The summed E-state index contributed by atoms with van der Waals surface area (Å²) in [4.78, 5) is 28.1. The van der Waals surface area contributed by atoms with Crippen LogP contribution >= 0.6 is 11.8 Å². The van der Waals surface area contributed by atoms with Crippen LogP contribution in [0, 0.1) is 34.5 Å². The summed E-state index contributed by atoms with van der Waals surface area (Å²) in [6, 6.07) is 0.957. The van der Waals surface area contributed by atoms with Crippen molar-refractivity contribution in [2.75, 3.05) is 12.0 Å². The van der Waals surface area contributed by atoms with Gasteiger partial charge >= 0.3 is 5.97 Å². The molecule has 7 atom stereocenters. The average molecular weight is 447 g/mol. The van der Waals surface area contributed by atoms with Gasteiger partial charge in [0.05, 0.1) is 12.1 Å². The Kier molecular flexibility index (Phi) is 5.31. The average Bonchev–Trinajstić information content (AvgIpc) is 3.39. The Labute approximate surface area is 188 Å². The predicted molar refractivity (Wildman–Crippen MR) is 118 cm³/mol. The highest BCUT2D eigenvalue weighted by atomic mass is 32.2. The van der Waals surface area contributed by atoms with E-state index in [2.05, 4.69) is 6.07 Å². The Hall–Kier alpha value is -1.30. The van der Waals surface area contributed by atoms with Gasteiger partial charge in [-0.2, -0.15) is 17.0 Å². The van der Waals surface area contributed by atoms with E-state index in [0.29, 0.717) is 30.6 Å². The van der Waals surface area contributed by atoms with Crippen molar-refractivity contribution in [3.05, 3.63) is 0 Å². The summed E-state index contributed by atoms with van der Waals surface area (Å²) in [5.74, 6) is 1.82. The number of esters is 1. The van der Waals surface area contributed by atoms with E-state index in [-0.39, 0.29) is 29.4 Å². The van der Waals surface area contributed by atoms with Crippen LogP contribution in [0.3, 0.4) is 0 Å². The number of ether oxygens (including phenoxy) is 1. The van der Waals surface area contributed by atoms with Crippen LogP contribution in [0.15, 0.2) is 0 Å². The standard InChI is InChI=1S/C23H34N4O3S/c1-31-3-2-17(25)21(29)30-23-9-13-4-14(10-23)8-22(7-13,12-23)19(26)20(28)27-16(11-24)5-15-6-18(15)27/h13-19H,2-10,12,25-26H2,1H3/t13?,14?,15-,16+,17+,18+,19-,22?,23?/m1/s1. The van der Waals surface area contributed by atoms with Gasteiger partial charge in [0.25, 0.3) is 0 Å². The monoisotopic (exact) mass is 446 g/mol. The summed E-state index contributed by atoms with van der Waals surface area (Å²) in [5.41, 5.74) is 12.0. The lowest BCUT2D eigenvalue weighted by Gasteiger charge is -2.62. The Balaban J connectivity index is 1.34. The summed E-state index contributed by atoms with van der Waals surface area (Å²) >= 11 is 1.67. The van der Waals surface area contributed by atoms with Gasteiger partial charge in [0.2, 0.25) is 5.91 Å². The van der Waals surface area contributed by atoms with Gasteiger partial charge in [-0.05, 0) is 93.0 Å². The van der Waals surface area contributed by atoms with Crippen LogP contribution in [0.4, 0.5) is 0 Å². The third-order valence-electron chi connectivity index (χ3n) is 8.74. The molecule has 170 valence electrons. The summed E-state index contributed by atoms with van der Waals surface area (Å²) in [6.07, 6.45) is 9.76. The zero-order chi connectivity index (χ0) is 22.0. The molecule has 1 amide bonds. The number of hydrogen-bond donors (Lipinski definition) is 2. The molecule has 1 heterocycles. The fraction of sp³-hybridized carbons (Fsp3) is 0.870. The molecule has 6 aliphatic rings. The lowest BCUT2D eigenvalue weighted by Crippen LogP contribution is -2.66. The maximum atomic E-state index is 13.5. The Bertz CT molecular complexity index is 799. The lowest BCUT2D eigenvalue weighted by atomic mass is 9.46. The number of hydrogen-bond acceptors (Lipinski definition) is 7. The zero-order valence-electron chi connectivity index (χ0n) is 18.3. The van der Waals surface area contributed by atoms with E-state index in [9.17, 15) is 14.9 Å². The number of rotatable bonds is 7. The van der Waals surface area contributed by atoms with Crippen LogP contribution in [0.2, 0.25) is 0 Å². The maximum Gasteiger partial charge on any atom is 0.323 e. The number of thioether (sulfide) groups is 1. The van der Waals surface area contributed by atoms with E-state index in [1.807, 2.05) is 6.26 Å². The van der Waals surface area contributed by atoms with Crippen molar-refractivity contribution in [3.8, 4) is 6.07 Å². The van der Waals surface area contributed by atoms with Gasteiger partial charge in [0.15, 0.2) is 0 Å². The van der Waals surface area contributed by atoms with E-state index >= 15 is 0 Å². The van der Waals surface area contributed by atoms with Crippen LogP contribution in [0.1, 0.15) is 57.8 Å². The van der Waals surface area contributed by atoms with Crippen LogP contribution in [0.5, 0.6) is 0 Å². The molecule has 1 aliphatic heterocycles. The molecule has 31 heavy (non-hydrogen) atoms. The van der Waals surface area contributed by atoms with E-state index < -0.39 is 17.7 Å². The quantitative estimate of drug-likeness (QED) is 0.572. The van der Waals surface area contributed by atoms with Crippen LogP contribution in [-0.4, -0.2) is 58.6 Å². The van der Waals surface area contributed by atoms with Crippen molar-refractivity contribution in [2.24, 2.45) is 34.6 Å². The van der Waals surface area contributed by atoms with Crippen molar-refractivity contribution in [1.82, 2.24) is 4.90 Å². The molecule has 4 bridgehead atoms. The van der Waals surface area contributed by atoms with Gasteiger partial charge in [0, 0.05) is 6.04 Å². The molecule has 4 N–H and O–H groups in total. The summed E-state index contributed by atoms with van der Waals surface area (Å²) < 4.78 is 6.16. The Morgan fingerprint density at radius 3 is 2.55 bits per heavy atom. The molecule has 6 fully saturated rings. The number of nitriles is 1. The normalized spacial score (nSPS) is 43.8. The van der Waals surface area contributed by atoms with Gasteiger partial charge < -0.3 is 21.1 Å². The van der Waals surface area contributed by atoms with Crippen molar-refractivity contribution >= 4 is 23.6 Å². The highest BCUT2D eigenvalue weighted by molar-refractivity contribution is 7.98. The minimum Gasteiger partial charge on any atom is -0.458 e. The van der Waals surface area contributed by atoms with Gasteiger partial charge in [0.1, 0.15) is 17.7 Å². The molecule has 0 aromatic heterocycles. The van der Waals surface area contributed by atoms with Crippen LogP contribution in [-0.2, 0) is 14.3 Å². The molecule has 0 aromatic carbocycles. The van der Waals surface area contributed by atoms with E-state index in [1.54, 1.807) is 16.7 Å². The van der Waals surface area contributed by atoms with Gasteiger partial charge in [-0.1, -0.05) is 0 Å². The highest BCUT2D eigenvalue weighted by Gasteiger charge is 2.64. The zero-order valence-corrected chi connectivity index (χ0v) is 19.1. The number of fused-ring (bicyclic) bond motifs is 1. The summed E-state index contributed by atoms with van der Waals surface area (Å²) in [5, 5.41) is 9.54. The second-order valence-electron chi connectivity index (χ2n) is 11.0. The van der Waals surface area contributed by atoms with Crippen molar-refractivity contribution in [2.45, 2.75) is 87.6 Å². The summed E-state index contributed by atoms with van der Waals surface area (Å²) in [7, 11) is 0. The molecule has 8 heteroatoms. The number of piperidine rings is 1. The first-order valence-corrected chi connectivity index (χ1v) is 13.1. The van der Waals surface area contributed by atoms with Gasteiger partial charge in [-0.3, -0.25) is 9.59 Å². The number of carbonyl (C=O) groups excluding carboxylic acids is 2. The number of nitrogens with two attached hydrogens (primary N) is 2. The van der Waals surface area contributed by atoms with Crippen molar-refractivity contribution < 1.29 is 14.3 Å². The molecule has 6 rings (SSSR count). The molecular formula is C23H34N4O3S.